The molecule has 1 saturated heterocycles. The van der Waals surface area contributed by atoms with Gasteiger partial charge < -0.3 is 14.8 Å². The summed E-state index contributed by atoms with van der Waals surface area (Å²) in [6.07, 6.45) is 1.65. The summed E-state index contributed by atoms with van der Waals surface area (Å²) in [4.78, 5) is 11.9. The van der Waals surface area contributed by atoms with Crippen molar-refractivity contribution in [1.29, 1.82) is 0 Å². The molecule has 0 aromatic carbocycles. The molecule has 24 heavy (non-hydrogen) atoms. The van der Waals surface area contributed by atoms with Gasteiger partial charge in [0.25, 0.3) is 10.0 Å². The number of nitrogens with zero attached hydrogens (tertiary/aromatic N) is 1. The van der Waals surface area contributed by atoms with Crippen LogP contribution in [-0.2, 0) is 14.8 Å². The van der Waals surface area contributed by atoms with E-state index < -0.39 is 16.0 Å². The molecule has 1 N–H and O–H groups in total. The fourth-order valence-corrected chi connectivity index (χ4v) is 5.80. The highest BCUT2D eigenvalue weighted by atomic mass is 32.2. The maximum absolute atomic E-state index is 12.9. The van der Waals surface area contributed by atoms with Gasteiger partial charge in [0.1, 0.15) is 4.88 Å². The second kappa shape index (κ2) is 8.28. The van der Waals surface area contributed by atoms with Gasteiger partial charge in [-0.1, -0.05) is 6.92 Å². The van der Waals surface area contributed by atoms with Gasteiger partial charge in [-0.15, -0.1) is 11.3 Å². The number of sulfonamides is 1. The van der Waals surface area contributed by atoms with E-state index in [1.807, 2.05) is 0 Å². The third kappa shape index (κ3) is 4.08. The highest BCUT2D eigenvalue weighted by Gasteiger charge is 2.34. The molecule has 0 aliphatic carbocycles. The summed E-state index contributed by atoms with van der Waals surface area (Å²) in [7, 11) is -1.02. The van der Waals surface area contributed by atoms with Crippen LogP contribution in [-0.4, -0.2) is 59.1 Å². The lowest BCUT2D eigenvalue weighted by Gasteiger charge is -2.31. The van der Waals surface area contributed by atoms with Crippen LogP contribution in [0.1, 0.15) is 29.4 Å². The summed E-state index contributed by atoms with van der Waals surface area (Å²) >= 11 is 0.891. The second-order valence-corrected chi connectivity index (χ2v) is 8.80. The molecule has 9 heteroatoms. The Labute approximate surface area is 147 Å². The molecule has 0 saturated carbocycles. The molecule has 1 aliphatic rings. The maximum Gasteiger partial charge on any atom is 0.348 e. The predicted octanol–water partition coefficient (Wildman–Crippen LogP) is 1.55. The molecular formula is C15H24N2O5S2. The van der Waals surface area contributed by atoms with Crippen molar-refractivity contribution in [3.63, 3.8) is 0 Å². The quantitative estimate of drug-likeness (QED) is 0.727. The molecule has 1 aromatic heterocycles. The second-order valence-electron chi connectivity index (χ2n) is 5.61. The first kappa shape index (κ1) is 19.2. The largest absolute Gasteiger partial charge is 0.494 e. The number of piperidine rings is 1. The third-order valence-corrected chi connectivity index (χ3v) is 7.59. The van der Waals surface area contributed by atoms with Gasteiger partial charge >= 0.3 is 5.97 Å². The van der Waals surface area contributed by atoms with Crippen molar-refractivity contribution >= 4 is 27.3 Å². The third-order valence-electron chi connectivity index (χ3n) is 4.10. The molecule has 0 bridgehead atoms. The molecule has 1 aromatic rings. The fourth-order valence-electron chi connectivity index (χ4n) is 2.70. The van der Waals surface area contributed by atoms with Gasteiger partial charge in [0.15, 0.2) is 9.96 Å². The standard InChI is InChI=1S/C15H24N2O5S2/c1-4-16-10-11-5-7-17(8-6-11)24(19,20)15-12(21-2)9-13(23-15)14(18)22-3/h9,11,16H,4-8,10H2,1-3H3. The minimum atomic E-state index is -3.67. The van der Waals surface area contributed by atoms with Crippen molar-refractivity contribution in [1.82, 2.24) is 9.62 Å². The fraction of sp³-hybridized carbons (Fsp3) is 0.667. The SMILES string of the molecule is CCNCC1CCN(S(=O)(=O)c2sc(C(=O)OC)cc2OC)CC1. The van der Waals surface area contributed by atoms with Crippen molar-refractivity contribution in [3.8, 4) is 5.75 Å². The van der Waals surface area contributed by atoms with Crippen LogP contribution in [0.4, 0.5) is 0 Å². The number of carbonyl (C=O) groups is 1. The Bertz CT molecular complexity index is 663. The minimum Gasteiger partial charge on any atom is -0.494 e. The maximum atomic E-state index is 12.9. The van der Waals surface area contributed by atoms with Crippen LogP contribution >= 0.6 is 11.3 Å². The Morgan fingerprint density at radius 3 is 2.58 bits per heavy atom. The van der Waals surface area contributed by atoms with Crippen molar-refractivity contribution in [3.05, 3.63) is 10.9 Å². The molecule has 1 fully saturated rings. The van der Waals surface area contributed by atoms with Crippen molar-refractivity contribution in [2.45, 2.75) is 24.0 Å². The van der Waals surface area contributed by atoms with E-state index in [2.05, 4.69) is 17.0 Å². The summed E-state index contributed by atoms with van der Waals surface area (Å²) in [6.45, 7) is 4.85. The molecule has 2 rings (SSSR count). The van der Waals surface area contributed by atoms with Crippen molar-refractivity contribution in [2.24, 2.45) is 5.92 Å². The Morgan fingerprint density at radius 1 is 1.38 bits per heavy atom. The van der Waals surface area contributed by atoms with E-state index in [4.69, 9.17) is 4.74 Å². The van der Waals surface area contributed by atoms with Crippen LogP contribution in [0.15, 0.2) is 10.3 Å². The van der Waals surface area contributed by atoms with Gasteiger partial charge in [0.05, 0.1) is 14.2 Å². The monoisotopic (exact) mass is 376 g/mol. The lowest BCUT2D eigenvalue weighted by Crippen LogP contribution is -2.40. The van der Waals surface area contributed by atoms with Gasteiger partial charge in [-0.2, -0.15) is 4.31 Å². The molecule has 0 amide bonds. The number of hydrogen-bond acceptors (Lipinski definition) is 7. The Hall–Kier alpha value is -1.16. The molecular weight excluding hydrogens is 352 g/mol. The number of rotatable bonds is 7. The lowest BCUT2D eigenvalue weighted by atomic mass is 9.98. The van der Waals surface area contributed by atoms with Gasteiger partial charge in [0.2, 0.25) is 0 Å². The van der Waals surface area contributed by atoms with Crippen molar-refractivity contribution < 1.29 is 22.7 Å². The summed E-state index contributed by atoms with van der Waals surface area (Å²) in [5, 5.41) is 3.31. The number of methoxy groups -OCH3 is 2. The zero-order chi connectivity index (χ0) is 17.7. The van der Waals surface area contributed by atoms with E-state index in [0.29, 0.717) is 19.0 Å². The average molecular weight is 377 g/mol. The summed E-state index contributed by atoms with van der Waals surface area (Å²) in [6, 6.07) is 1.42. The van der Waals surface area contributed by atoms with Crippen LogP contribution in [0.2, 0.25) is 0 Å². The Morgan fingerprint density at radius 2 is 2.04 bits per heavy atom. The van der Waals surface area contributed by atoms with Crippen LogP contribution in [0.25, 0.3) is 0 Å². The number of carbonyl (C=O) groups excluding carboxylic acids is 1. The zero-order valence-corrected chi connectivity index (χ0v) is 15.8. The van der Waals surface area contributed by atoms with Crippen molar-refractivity contribution in [2.75, 3.05) is 40.4 Å². The summed E-state index contributed by atoms with van der Waals surface area (Å²) in [5.41, 5.74) is 0. The molecule has 1 aliphatic heterocycles. The van der Waals surface area contributed by atoms with Gasteiger partial charge in [-0.05, 0) is 31.8 Å². The first-order valence-electron chi connectivity index (χ1n) is 7.91. The summed E-state index contributed by atoms with van der Waals surface area (Å²) < 4.78 is 37.2. The first-order chi connectivity index (χ1) is 11.4. The molecule has 136 valence electrons. The summed E-state index contributed by atoms with van der Waals surface area (Å²) in [5.74, 6) is 0.117. The Kier molecular flexibility index (Phi) is 6.62. The average Bonchev–Trinajstić information content (AvgIpc) is 3.05. The smallest absolute Gasteiger partial charge is 0.348 e. The van der Waals surface area contributed by atoms with Gasteiger partial charge in [-0.25, -0.2) is 13.2 Å². The van der Waals surface area contributed by atoms with Crippen LogP contribution in [0, 0.1) is 5.92 Å². The van der Waals surface area contributed by atoms with Gasteiger partial charge in [0, 0.05) is 19.2 Å². The van der Waals surface area contributed by atoms with E-state index in [1.54, 1.807) is 0 Å². The molecule has 7 nitrogen and oxygen atoms in total. The number of thiophene rings is 1. The first-order valence-corrected chi connectivity index (χ1v) is 10.2. The molecule has 0 spiro atoms. The Balaban J connectivity index is 2.16. The van der Waals surface area contributed by atoms with E-state index in [9.17, 15) is 13.2 Å². The lowest BCUT2D eigenvalue weighted by molar-refractivity contribution is 0.0606. The highest BCUT2D eigenvalue weighted by Crippen LogP contribution is 2.37. The molecule has 0 unspecified atom stereocenters. The van der Waals surface area contributed by atoms with E-state index in [1.165, 1.54) is 24.6 Å². The van der Waals surface area contributed by atoms with Gasteiger partial charge in [-0.3, -0.25) is 0 Å². The number of esters is 1. The molecule has 2 heterocycles. The van der Waals surface area contributed by atoms with E-state index >= 15 is 0 Å². The van der Waals surface area contributed by atoms with E-state index in [0.717, 1.165) is 37.3 Å². The number of hydrogen-bond donors (Lipinski definition) is 1. The predicted molar refractivity (Wildman–Crippen MR) is 92.2 cm³/mol. The van der Waals surface area contributed by atoms with Crippen LogP contribution < -0.4 is 10.1 Å². The minimum absolute atomic E-state index is 0.0653. The zero-order valence-electron chi connectivity index (χ0n) is 14.2. The highest BCUT2D eigenvalue weighted by molar-refractivity contribution is 7.91. The topological polar surface area (TPSA) is 84.9 Å². The van der Waals surface area contributed by atoms with Crippen LogP contribution in [0.5, 0.6) is 5.75 Å². The van der Waals surface area contributed by atoms with E-state index in [-0.39, 0.29) is 14.8 Å². The molecule has 0 atom stereocenters. The normalized spacial score (nSPS) is 17.0. The molecule has 0 radical (unpaired) electrons. The number of nitrogens with one attached hydrogen (secondary N) is 1. The van der Waals surface area contributed by atoms with Crippen LogP contribution in [0.3, 0.4) is 0 Å². The number of ether oxygens (including phenoxy) is 2.